The number of methoxy groups -OCH3 is 1. The normalized spacial score (nSPS) is 10.6. The zero-order valence-electron chi connectivity index (χ0n) is 9.56. The lowest BCUT2D eigenvalue weighted by atomic mass is 10.1. The Kier molecular flexibility index (Phi) is 5.22. The molecule has 0 aliphatic rings. The molecule has 0 atom stereocenters. The zero-order valence-corrected chi connectivity index (χ0v) is 9.56. The standard InChI is InChI=1S/C12H16N2O2/c1-13-8-4-3-6-10-7-5-9-14-11(10)12(15)16-2/h3,5-7,9,13H,4,8H2,1-2H3. The van der Waals surface area contributed by atoms with Gasteiger partial charge in [-0.25, -0.2) is 9.78 Å². The summed E-state index contributed by atoms with van der Waals surface area (Å²) in [5, 5.41) is 3.04. The number of hydrogen-bond acceptors (Lipinski definition) is 4. The lowest BCUT2D eigenvalue weighted by molar-refractivity contribution is 0.0594. The molecule has 4 nitrogen and oxygen atoms in total. The minimum absolute atomic E-state index is 0.353. The van der Waals surface area contributed by atoms with Gasteiger partial charge in [0, 0.05) is 11.8 Å². The number of aromatic nitrogens is 1. The van der Waals surface area contributed by atoms with Gasteiger partial charge in [-0.15, -0.1) is 0 Å². The second-order valence-corrected chi connectivity index (χ2v) is 3.23. The summed E-state index contributed by atoms with van der Waals surface area (Å²) in [7, 11) is 3.25. The highest BCUT2D eigenvalue weighted by molar-refractivity contribution is 5.91. The highest BCUT2D eigenvalue weighted by Gasteiger charge is 2.10. The van der Waals surface area contributed by atoms with Gasteiger partial charge in [0.25, 0.3) is 0 Å². The molecule has 1 rings (SSSR count). The largest absolute Gasteiger partial charge is 0.464 e. The molecule has 1 aromatic heterocycles. The van der Waals surface area contributed by atoms with Gasteiger partial charge in [0.05, 0.1) is 7.11 Å². The summed E-state index contributed by atoms with van der Waals surface area (Å²) in [5.41, 5.74) is 1.14. The van der Waals surface area contributed by atoms with E-state index >= 15 is 0 Å². The maximum Gasteiger partial charge on any atom is 0.357 e. The number of carbonyl (C=O) groups is 1. The van der Waals surface area contributed by atoms with Crippen LogP contribution in [0.2, 0.25) is 0 Å². The Bertz CT molecular complexity index is 375. The topological polar surface area (TPSA) is 51.2 Å². The third-order valence-corrected chi connectivity index (χ3v) is 2.08. The monoisotopic (exact) mass is 220 g/mol. The van der Waals surface area contributed by atoms with E-state index < -0.39 is 5.97 Å². The molecule has 1 heterocycles. The van der Waals surface area contributed by atoms with Crippen molar-refractivity contribution < 1.29 is 9.53 Å². The van der Waals surface area contributed by atoms with Crippen LogP contribution in [0.15, 0.2) is 24.4 Å². The van der Waals surface area contributed by atoms with Crippen molar-refractivity contribution in [2.24, 2.45) is 0 Å². The van der Waals surface area contributed by atoms with Crippen molar-refractivity contribution in [2.75, 3.05) is 20.7 Å². The molecule has 0 saturated heterocycles. The van der Waals surface area contributed by atoms with Crippen molar-refractivity contribution in [3.05, 3.63) is 35.7 Å². The summed E-state index contributed by atoms with van der Waals surface area (Å²) in [4.78, 5) is 15.4. The second kappa shape index (κ2) is 6.74. The maximum absolute atomic E-state index is 11.4. The maximum atomic E-state index is 11.4. The Hall–Kier alpha value is -1.68. The molecule has 0 spiro atoms. The van der Waals surface area contributed by atoms with Crippen molar-refractivity contribution in [1.82, 2.24) is 10.3 Å². The fourth-order valence-electron chi connectivity index (χ4n) is 1.26. The number of nitrogens with zero attached hydrogens (tertiary/aromatic N) is 1. The van der Waals surface area contributed by atoms with E-state index in [0.717, 1.165) is 18.5 Å². The van der Waals surface area contributed by atoms with Crippen molar-refractivity contribution >= 4 is 12.0 Å². The summed E-state index contributed by atoms with van der Waals surface area (Å²) in [6.07, 6.45) is 6.37. The number of rotatable bonds is 5. The van der Waals surface area contributed by atoms with Gasteiger partial charge in [0.2, 0.25) is 0 Å². The molecule has 0 aromatic carbocycles. The number of carbonyl (C=O) groups excluding carboxylic acids is 1. The lowest BCUT2D eigenvalue weighted by Gasteiger charge is -2.01. The van der Waals surface area contributed by atoms with Crippen LogP contribution in [0.1, 0.15) is 22.5 Å². The van der Waals surface area contributed by atoms with E-state index in [1.165, 1.54) is 7.11 Å². The van der Waals surface area contributed by atoms with E-state index in [2.05, 4.69) is 15.0 Å². The van der Waals surface area contributed by atoms with Gasteiger partial charge in [0.1, 0.15) is 0 Å². The van der Waals surface area contributed by atoms with Gasteiger partial charge in [0.15, 0.2) is 5.69 Å². The van der Waals surface area contributed by atoms with Crippen LogP contribution in [-0.4, -0.2) is 31.7 Å². The third kappa shape index (κ3) is 3.47. The quantitative estimate of drug-likeness (QED) is 0.603. The Morgan fingerprint density at radius 3 is 3.12 bits per heavy atom. The number of pyridine rings is 1. The van der Waals surface area contributed by atoms with Crippen LogP contribution in [0, 0.1) is 0 Å². The number of nitrogens with one attached hydrogen (secondary N) is 1. The molecular weight excluding hydrogens is 204 g/mol. The average Bonchev–Trinajstić information content (AvgIpc) is 2.34. The van der Waals surface area contributed by atoms with E-state index in [9.17, 15) is 4.79 Å². The predicted molar refractivity (Wildman–Crippen MR) is 63.2 cm³/mol. The van der Waals surface area contributed by atoms with Crippen LogP contribution in [0.3, 0.4) is 0 Å². The molecule has 0 fully saturated rings. The smallest absolute Gasteiger partial charge is 0.357 e. The van der Waals surface area contributed by atoms with E-state index in [-0.39, 0.29) is 0 Å². The minimum atomic E-state index is -0.408. The molecule has 86 valence electrons. The average molecular weight is 220 g/mol. The molecule has 0 bridgehead atoms. The van der Waals surface area contributed by atoms with Crippen molar-refractivity contribution in [3.8, 4) is 0 Å². The molecule has 0 aliphatic carbocycles. The Balaban J connectivity index is 2.78. The Labute approximate surface area is 95.3 Å². The number of ether oxygens (including phenoxy) is 1. The zero-order chi connectivity index (χ0) is 11.8. The highest BCUT2D eigenvalue weighted by atomic mass is 16.5. The predicted octanol–water partition coefficient (Wildman–Crippen LogP) is 1.49. The molecule has 16 heavy (non-hydrogen) atoms. The summed E-state index contributed by atoms with van der Waals surface area (Å²) in [6, 6.07) is 3.64. The lowest BCUT2D eigenvalue weighted by Crippen LogP contribution is -2.07. The molecule has 0 amide bonds. The molecule has 0 aliphatic heterocycles. The first kappa shape index (κ1) is 12.4. The van der Waals surface area contributed by atoms with E-state index in [0.29, 0.717) is 5.69 Å². The van der Waals surface area contributed by atoms with Crippen LogP contribution in [-0.2, 0) is 4.74 Å². The van der Waals surface area contributed by atoms with Gasteiger partial charge in [-0.05, 0) is 26.1 Å². The summed E-state index contributed by atoms with van der Waals surface area (Å²) in [6.45, 7) is 0.907. The summed E-state index contributed by atoms with van der Waals surface area (Å²) in [5.74, 6) is -0.408. The first-order chi connectivity index (χ1) is 7.79. The van der Waals surface area contributed by atoms with Crippen molar-refractivity contribution in [3.63, 3.8) is 0 Å². The van der Waals surface area contributed by atoms with Crippen molar-refractivity contribution in [2.45, 2.75) is 6.42 Å². The Morgan fingerprint density at radius 1 is 1.62 bits per heavy atom. The summed E-state index contributed by atoms with van der Waals surface area (Å²) >= 11 is 0. The van der Waals surface area contributed by atoms with Crippen LogP contribution in [0.5, 0.6) is 0 Å². The van der Waals surface area contributed by atoms with E-state index in [1.807, 2.05) is 25.3 Å². The molecule has 0 unspecified atom stereocenters. The van der Waals surface area contributed by atoms with Gasteiger partial charge >= 0.3 is 5.97 Å². The SMILES string of the molecule is CNCCC=Cc1cccnc1C(=O)OC. The van der Waals surface area contributed by atoms with E-state index in [4.69, 9.17) is 0 Å². The van der Waals surface area contributed by atoms with Crippen molar-refractivity contribution in [1.29, 1.82) is 0 Å². The molecular formula is C12H16N2O2. The third-order valence-electron chi connectivity index (χ3n) is 2.08. The van der Waals surface area contributed by atoms with Gasteiger partial charge in [-0.3, -0.25) is 0 Å². The summed E-state index contributed by atoms with van der Waals surface area (Å²) < 4.78 is 4.66. The number of hydrogen-bond donors (Lipinski definition) is 1. The highest BCUT2D eigenvalue weighted by Crippen LogP contribution is 2.09. The fourth-order valence-corrected chi connectivity index (χ4v) is 1.26. The Morgan fingerprint density at radius 2 is 2.44 bits per heavy atom. The minimum Gasteiger partial charge on any atom is -0.464 e. The molecule has 4 heteroatoms. The van der Waals surface area contributed by atoms with Crippen LogP contribution < -0.4 is 5.32 Å². The van der Waals surface area contributed by atoms with Crippen LogP contribution >= 0.6 is 0 Å². The van der Waals surface area contributed by atoms with Crippen LogP contribution in [0.25, 0.3) is 6.08 Å². The molecule has 1 aromatic rings. The van der Waals surface area contributed by atoms with Gasteiger partial charge < -0.3 is 10.1 Å². The van der Waals surface area contributed by atoms with Gasteiger partial charge in [-0.2, -0.15) is 0 Å². The second-order valence-electron chi connectivity index (χ2n) is 3.23. The fraction of sp³-hybridized carbons (Fsp3) is 0.333. The number of esters is 1. The van der Waals surface area contributed by atoms with Crippen LogP contribution in [0.4, 0.5) is 0 Å². The molecule has 0 saturated carbocycles. The van der Waals surface area contributed by atoms with E-state index in [1.54, 1.807) is 12.3 Å². The first-order valence-electron chi connectivity index (χ1n) is 5.14. The first-order valence-corrected chi connectivity index (χ1v) is 5.14. The van der Waals surface area contributed by atoms with Gasteiger partial charge in [-0.1, -0.05) is 18.2 Å². The molecule has 0 radical (unpaired) electrons. The molecule has 1 N–H and O–H groups in total.